The molecule has 0 aromatic heterocycles. The van der Waals surface area contributed by atoms with Crippen molar-refractivity contribution in [1.82, 2.24) is 0 Å². The molecule has 1 aromatic rings. The highest BCUT2D eigenvalue weighted by molar-refractivity contribution is 9.10. The summed E-state index contributed by atoms with van der Waals surface area (Å²) < 4.78 is 6.52. The van der Waals surface area contributed by atoms with Crippen LogP contribution in [0.2, 0.25) is 0 Å². The van der Waals surface area contributed by atoms with E-state index >= 15 is 0 Å². The van der Waals surface area contributed by atoms with Crippen LogP contribution in [0.1, 0.15) is 44.6 Å². The summed E-state index contributed by atoms with van der Waals surface area (Å²) in [5.74, 6) is 1.83. The van der Waals surface area contributed by atoms with Gasteiger partial charge in [-0.1, -0.05) is 29.3 Å². The lowest BCUT2D eigenvalue weighted by Gasteiger charge is -2.39. The highest BCUT2D eigenvalue weighted by Gasteiger charge is 2.34. The van der Waals surface area contributed by atoms with E-state index in [1.165, 1.54) is 42.1 Å². The summed E-state index contributed by atoms with van der Waals surface area (Å²) in [6, 6.07) is 6.22. The third-order valence-corrected chi connectivity index (χ3v) is 5.77. The van der Waals surface area contributed by atoms with E-state index in [9.17, 15) is 0 Å². The highest BCUT2D eigenvalue weighted by Crippen LogP contribution is 2.43. The van der Waals surface area contributed by atoms with E-state index in [-0.39, 0.29) is 5.41 Å². The van der Waals surface area contributed by atoms with Gasteiger partial charge in [0.1, 0.15) is 5.75 Å². The minimum atomic E-state index is 0.278. The fraction of sp³-hybridized carbons (Fsp3) is 0.647. The molecule has 0 bridgehead atoms. The van der Waals surface area contributed by atoms with E-state index in [1.807, 2.05) is 6.07 Å². The number of methoxy groups -OCH3 is 1. The van der Waals surface area contributed by atoms with Crippen molar-refractivity contribution in [1.29, 1.82) is 0 Å². The highest BCUT2D eigenvalue weighted by atomic mass is 79.9. The van der Waals surface area contributed by atoms with E-state index in [2.05, 4.69) is 35.0 Å². The summed E-state index contributed by atoms with van der Waals surface area (Å²) >= 11 is 3.67. The molecule has 0 saturated heterocycles. The molecule has 1 aliphatic carbocycles. The first-order chi connectivity index (χ1) is 9.62. The van der Waals surface area contributed by atoms with Gasteiger partial charge >= 0.3 is 0 Å². The van der Waals surface area contributed by atoms with Crippen molar-refractivity contribution in [3.05, 3.63) is 28.2 Å². The van der Waals surface area contributed by atoms with Crippen molar-refractivity contribution in [3.63, 3.8) is 0 Å². The van der Waals surface area contributed by atoms with Crippen molar-refractivity contribution < 1.29 is 4.74 Å². The Kier molecular flexibility index (Phi) is 5.50. The Balaban J connectivity index is 2.14. The zero-order chi connectivity index (χ0) is 14.6. The zero-order valence-corrected chi connectivity index (χ0v) is 14.2. The number of hydrogen-bond acceptors (Lipinski definition) is 2. The molecule has 0 spiro atoms. The second-order valence-corrected chi connectivity index (χ2v) is 7.04. The van der Waals surface area contributed by atoms with E-state index in [0.717, 1.165) is 24.6 Å². The standard InChI is InChI=1S/C17H26BrNO/c1-3-13-6-8-17(12-19,9-7-13)11-14-10-15(20-2)4-5-16(14)18/h4-5,10,13H,3,6-9,11-12,19H2,1-2H3. The summed E-state index contributed by atoms with van der Waals surface area (Å²) in [6.07, 6.45) is 7.53. The molecule has 1 aromatic carbocycles. The topological polar surface area (TPSA) is 35.2 Å². The van der Waals surface area contributed by atoms with Crippen molar-refractivity contribution in [2.24, 2.45) is 17.1 Å². The number of ether oxygens (including phenoxy) is 1. The second-order valence-electron chi connectivity index (χ2n) is 6.19. The number of nitrogens with two attached hydrogens (primary N) is 1. The van der Waals surface area contributed by atoms with Crippen LogP contribution < -0.4 is 10.5 Å². The van der Waals surface area contributed by atoms with Gasteiger partial charge in [-0.05, 0) is 73.7 Å². The number of rotatable bonds is 5. The third-order valence-electron chi connectivity index (χ3n) is 4.99. The van der Waals surface area contributed by atoms with E-state index in [4.69, 9.17) is 10.5 Å². The Morgan fingerprint density at radius 1 is 1.35 bits per heavy atom. The van der Waals surface area contributed by atoms with Gasteiger partial charge in [-0.2, -0.15) is 0 Å². The molecule has 0 heterocycles. The molecular weight excluding hydrogens is 314 g/mol. The van der Waals surface area contributed by atoms with Gasteiger partial charge < -0.3 is 10.5 Å². The van der Waals surface area contributed by atoms with Crippen LogP contribution in [0, 0.1) is 11.3 Å². The van der Waals surface area contributed by atoms with E-state index in [0.29, 0.717) is 0 Å². The number of benzene rings is 1. The minimum Gasteiger partial charge on any atom is -0.497 e. The predicted octanol–water partition coefficient (Wildman–Crippen LogP) is 4.55. The van der Waals surface area contributed by atoms with Crippen LogP contribution in [0.15, 0.2) is 22.7 Å². The summed E-state index contributed by atoms with van der Waals surface area (Å²) in [6.45, 7) is 3.09. The van der Waals surface area contributed by atoms with E-state index in [1.54, 1.807) is 7.11 Å². The SMILES string of the molecule is CCC1CCC(CN)(Cc2cc(OC)ccc2Br)CC1. The lowest BCUT2D eigenvalue weighted by molar-refractivity contribution is 0.153. The average molecular weight is 340 g/mol. The van der Waals surface area contributed by atoms with Crippen molar-refractivity contribution in [2.75, 3.05) is 13.7 Å². The van der Waals surface area contributed by atoms with Gasteiger partial charge in [0.15, 0.2) is 0 Å². The maximum atomic E-state index is 6.15. The Labute approximate surface area is 131 Å². The maximum absolute atomic E-state index is 6.15. The monoisotopic (exact) mass is 339 g/mol. The minimum absolute atomic E-state index is 0.278. The second kappa shape index (κ2) is 6.95. The Morgan fingerprint density at radius 2 is 2.05 bits per heavy atom. The summed E-state index contributed by atoms with van der Waals surface area (Å²) in [5.41, 5.74) is 7.75. The van der Waals surface area contributed by atoms with Crippen LogP contribution in [0.25, 0.3) is 0 Å². The van der Waals surface area contributed by atoms with Crippen LogP contribution in [0.4, 0.5) is 0 Å². The molecule has 0 amide bonds. The molecule has 112 valence electrons. The van der Waals surface area contributed by atoms with Gasteiger partial charge in [0, 0.05) is 4.47 Å². The van der Waals surface area contributed by atoms with Gasteiger partial charge in [0.2, 0.25) is 0 Å². The maximum Gasteiger partial charge on any atom is 0.119 e. The van der Waals surface area contributed by atoms with Crippen LogP contribution in [-0.2, 0) is 6.42 Å². The molecule has 1 saturated carbocycles. The first-order valence-corrected chi connectivity index (χ1v) is 8.44. The molecule has 0 unspecified atom stereocenters. The van der Waals surface area contributed by atoms with Crippen LogP contribution in [0.5, 0.6) is 5.75 Å². The molecule has 3 heteroatoms. The molecule has 0 atom stereocenters. The molecule has 1 aliphatic rings. The molecule has 1 fully saturated rings. The number of halogens is 1. The normalized spacial score (nSPS) is 26.5. The largest absolute Gasteiger partial charge is 0.497 e. The van der Waals surface area contributed by atoms with Gasteiger partial charge in [0.05, 0.1) is 7.11 Å². The quantitative estimate of drug-likeness (QED) is 0.854. The van der Waals surface area contributed by atoms with Crippen LogP contribution >= 0.6 is 15.9 Å². The zero-order valence-electron chi connectivity index (χ0n) is 12.6. The third kappa shape index (κ3) is 3.56. The van der Waals surface area contributed by atoms with Crippen molar-refractivity contribution in [3.8, 4) is 5.75 Å². The summed E-state index contributed by atoms with van der Waals surface area (Å²) in [4.78, 5) is 0. The molecule has 0 aliphatic heterocycles. The predicted molar refractivity (Wildman–Crippen MR) is 88.1 cm³/mol. The smallest absolute Gasteiger partial charge is 0.119 e. The van der Waals surface area contributed by atoms with Crippen LogP contribution in [-0.4, -0.2) is 13.7 Å². The van der Waals surface area contributed by atoms with Crippen molar-refractivity contribution in [2.45, 2.75) is 45.4 Å². The van der Waals surface area contributed by atoms with Gasteiger partial charge in [0.25, 0.3) is 0 Å². The lowest BCUT2D eigenvalue weighted by atomic mass is 9.67. The fourth-order valence-corrected chi connectivity index (χ4v) is 3.76. The van der Waals surface area contributed by atoms with Gasteiger partial charge in [-0.3, -0.25) is 0 Å². The molecule has 0 radical (unpaired) electrons. The Bertz CT molecular complexity index is 439. The lowest BCUT2D eigenvalue weighted by Crippen LogP contribution is -2.36. The molecule has 2 rings (SSSR count). The average Bonchev–Trinajstić information content (AvgIpc) is 2.50. The van der Waals surface area contributed by atoms with Gasteiger partial charge in [-0.15, -0.1) is 0 Å². The Hall–Kier alpha value is -0.540. The summed E-state index contributed by atoms with van der Waals surface area (Å²) in [7, 11) is 1.72. The molecule has 2 nitrogen and oxygen atoms in total. The number of hydrogen-bond donors (Lipinski definition) is 1. The van der Waals surface area contributed by atoms with Gasteiger partial charge in [-0.25, -0.2) is 0 Å². The van der Waals surface area contributed by atoms with E-state index < -0.39 is 0 Å². The van der Waals surface area contributed by atoms with Crippen LogP contribution in [0.3, 0.4) is 0 Å². The summed E-state index contributed by atoms with van der Waals surface area (Å²) in [5, 5.41) is 0. The van der Waals surface area contributed by atoms with Crippen molar-refractivity contribution >= 4 is 15.9 Å². The molecule has 2 N–H and O–H groups in total. The first-order valence-electron chi connectivity index (χ1n) is 7.65. The Morgan fingerprint density at radius 3 is 2.60 bits per heavy atom. The molecular formula is C17H26BrNO. The fourth-order valence-electron chi connectivity index (χ4n) is 3.37. The molecule has 20 heavy (non-hydrogen) atoms. The first kappa shape index (κ1) is 15.8.